The van der Waals surface area contributed by atoms with E-state index in [1.165, 1.54) is 0 Å². The Kier molecular flexibility index (Phi) is 4.41. The van der Waals surface area contributed by atoms with Crippen molar-refractivity contribution in [1.82, 2.24) is 5.32 Å². The minimum absolute atomic E-state index is 0.0795. The van der Waals surface area contributed by atoms with Crippen molar-refractivity contribution in [2.45, 2.75) is 57.9 Å². The Morgan fingerprint density at radius 3 is 2.30 bits per heavy atom. The smallest absolute Gasteiger partial charge is 0.235 e. The van der Waals surface area contributed by atoms with E-state index in [1.54, 1.807) is 0 Å². The van der Waals surface area contributed by atoms with Crippen LogP contribution in [0.5, 0.6) is 0 Å². The fourth-order valence-corrected chi connectivity index (χ4v) is 4.89. The molecule has 2 fully saturated rings. The average molecular weight is 361 g/mol. The molecule has 3 heteroatoms. The summed E-state index contributed by atoms with van der Waals surface area (Å²) in [6.07, 6.45) is 3.54. The zero-order valence-corrected chi connectivity index (χ0v) is 16.3. The van der Waals surface area contributed by atoms with Gasteiger partial charge >= 0.3 is 0 Å². The Morgan fingerprint density at radius 1 is 0.963 bits per heavy atom. The van der Waals surface area contributed by atoms with Gasteiger partial charge in [-0.05, 0) is 73.3 Å². The van der Waals surface area contributed by atoms with Crippen LogP contribution in [0.4, 0.5) is 0 Å². The minimum atomic E-state index is -0.679. The number of hydrogen-bond donors (Lipinski definition) is 1. The number of amides is 1. The Labute approximate surface area is 161 Å². The van der Waals surface area contributed by atoms with Crippen LogP contribution < -0.4 is 5.32 Å². The molecule has 1 heterocycles. The van der Waals surface area contributed by atoms with E-state index < -0.39 is 11.5 Å². The minimum Gasteiger partial charge on any atom is -0.343 e. The summed E-state index contributed by atoms with van der Waals surface area (Å²) in [6.45, 7) is 6.27. The number of nitrogens with one attached hydrogen (secondary N) is 1. The standard InChI is InChI=1S/C24H27NO2/c1-15-11-13-24(14-12-15)22(26)21(23(27)25-24)20-16(2)9-10-19(17(20)3)18-7-5-4-6-8-18/h4-10,15,21H,11-14H2,1-3H3,(H,25,27). The molecule has 1 unspecified atom stereocenters. The van der Waals surface area contributed by atoms with Gasteiger partial charge in [0.25, 0.3) is 0 Å². The molecule has 1 atom stereocenters. The highest BCUT2D eigenvalue weighted by Gasteiger charge is 2.54. The molecule has 140 valence electrons. The second kappa shape index (κ2) is 6.63. The van der Waals surface area contributed by atoms with Gasteiger partial charge in [-0.1, -0.05) is 49.4 Å². The number of ketones is 1. The number of carbonyl (C=O) groups excluding carboxylic acids is 2. The monoisotopic (exact) mass is 361 g/mol. The van der Waals surface area contributed by atoms with Gasteiger partial charge in [0.1, 0.15) is 5.92 Å². The van der Waals surface area contributed by atoms with Crippen LogP contribution >= 0.6 is 0 Å². The first-order valence-corrected chi connectivity index (χ1v) is 9.95. The van der Waals surface area contributed by atoms with Crippen LogP contribution in [0.15, 0.2) is 42.5 Å². The van der Waals surface area contributed by atoms with Crippen LogP contribution in [-0.2, 0) is 9.59 Å². The van der Waals surface area contributed by atoms with Gasteiger partial charge in [0.15, 0.2) is 5.78 Å². The molecule has 1 spiro atoms. The second-order valence-electron chi connectivity index (χ2n) is 8.39. The Balaban J connectivity index is 1.77. The molecular formula is C24H27NO2. The molecule has 2 aromatic rings. The Hall–Kier alpha value is -2.42. The van der Waals surface area contributed by atoms with Gasteiger partial charge in [-0.15, -0.1) is 0 Å². The summed E-state index contributed by atoms with van der Waals surface area (Å²) in [5.41, 5.74) is 4.51. The third-order valence-electron chi connectivity index (χ3n) is 6.59. The molecule has 1 saturated heterocycles. The van der Waals surface area contributed by atoms with Crippen LogP contribution in [0.25, 0.3) is 11.1 Å². The first-order chi connectivity index (χ1) is 12.9. The van der Waals surface area contributed by atoms with Crippen molar-refractivity contribution in [3.63, 3.8) is 0 Å². The van der Waals surface area contributed by atoms with Crippen molar-refractivity contribution in [2.24, 2.45) is 5.92 Å². The topological polar surface area (TPSA) is 46.2 Å². The highest BCUT2D eigenvalue weighted by Crippen LogP contribution is 2.43. The highest BCUT2D eigenvalue weighted by atomic mass is 16.2. The van der Waals surface area contributed by atoms with Gasteiger partial charge < -0.3 is 5.32 Å². The molecule has 1 N–H and O–H groups in total. The van der Waals surface area contributed by atoms with E-state index in [1.807, 2.05) is 38.1 Å². The lowest BCUT2D eigenvalue weighted by atomic mass is 9.73. The summed E-state index contributed by atoms with van der Waals surface area (Å²) < 4.78 is 0. The molecule has 0 bridgehead atoms. The molecule has 1 saturated carbocycles. The van der Waals surface area contributed by atoms with Gasteiger partial charge in [-0.2, -0.15) is 0 Å². The fraction of sp³-hybridized carbons (Fsp3) is 0.417. The predicted octanol–water partition coefficient (Wildman–Crippen LogP) is 4.70. The van der Waals surface area contributed by atoms with Crippen LogP contribution in [0.2, 0.25) is 0 Å². The molecule has 0 aromatic heterocycles. The first kappa shape index (κ1) is 18.0. The van der Waals surface area contributed by atoms with E-state index in [0.29, 0.717) is 5.92 Å². The summed E-state index contributed by atoms with van der Waals surface area (Å²) in [7, 11) is 0. The van der Waals surface area contributed by atoms with E-state index in [2.05, 4.69) is 30.4 Å². The lowest BCUT2D eigenvalue weighted by molar-refractivity contribution is -0.126. The SMILES string of the molecule is Cc1ccc(-c2ccccc2)c(C)c1C1C(=O)NC2(CCC(C)CC2)C1=O. The summed E-state index contributed by atoms with van der Waals surface area (Å²) >= 11 is 0. The third-order valence-corrected chi connectivity index (χ3v) is 6.59. The fourth-order valence-electron chi connectivity index (χ4n) is 4.89. The maximum atomic E-state index is 13.5. The van der Waals surface area contributed by atoms with Crippen molar-refractivity contribution in [2.75, 3.05) is 0 Å². The molecule has 2 aliphatic rings. The largest absolute Gasteiger partial charge is 0.343 e. The van der Waals surface area contributed by atoms with E-state index in [-0.39, 0.29) is 11.7 Å². The van der Waals surface area contributed by atoms with E-state index in [4.69, 9.17) is 0 Å². The summed E-state index contributed by atoms with van der Waals surface area (Å²) in [6, 6.07) is 14.3. The van der Waals surface area contributed by atoms with E-state index in [0.717, 1.165) is 53.5 Å². The normalized spacial score (nSPS) is 27.8. The van der Waals surface area contributed by atoms with Gasteiger partial charge in [-0.3, -0.25) is 9.59 Å². The van der Waals surface area contributed by atoms with Gasteiger partial charge in [0.2, 0.25) is 5.91 Å². The Morgan fingerprint density at radius 2 is 1.63 bits per heavy atom. The number of carbonyl (C=O) groups is 2. The van der Waals surface area contributed by atoms with Crippen molar-refractivity contribution in [3.8, 4) is 11.1 Å². The maximum absolute atomic E-state index is 13.5. The number of benzene rings is 2. The quantitative estimate of drug-likeness (QED) is 0.788. The van der Waals surface area contributed by atoms with Crippen molar-refractivity contribution in [3.05, 3.63) is 59.2 Å². The number of rotatable bonds is 2. The maximum Gasteiger partial charge on any atom is 0.235 e. The van der Waals surface area contributed by atoms with Gasteiger partial charge in [-0.25, -0.2) is 0 Å². The number of hydrogen-bond acceptors (Lipinski definition) is 2. The highest BCUT2D eigenvalue weighted by molar-refractivity contribution is 6.17. The Bertz CT molecular complexity index is 892. The summed E-state index contributed by atoms with van der Waals surface area (Å²) in [4.78, 5) is 26.4. The van der Waals surface area contributed by atoms with Crippen molar-refractivity contribution < 1.29 is 9.59 Å². The number of aryl methyl sites for hydroxylation is 1. The summed E-state index contributed by atoms with van der Waals surface area (Å²) in [5, 5.41) is 3.11. The lowest BCUT2D eigenvalue weighted by Gasteiger charge is -2.34. The molecule has 1 aliphatic carbocycles. The van der Waals surface area contributed by atoms with Crippen LogP contribution in [0, 0.1) is 19.8 Å². The first-order valence-electron chi connectivity index (χ1n) is 9.95. The third kappa shape index (κ3) is 2.90. The van der Waals surface area contributed by atoms with E-state index >= 15 is 0 Å². The lowest BCUT2D eigenvalue weighted by Crippen LogP contribution is -2.49. The number of Topliss-reactive ketones (excluding diaryl/α,β-unsaturated/α-hetero) is 1. The molecule has 27 heavy (non-hydrogen) atoms. The summed E-state index contributed by atoms with van der Waals surface area (Å²) in [5.74, 6) is -0.0897. The average Bonchev–Trinajstić information content (AvgIpc) is 2.90. The predicted molar refractivity (Wildman–Crippen MR) is 108 cm³/mol. The zero-order chi connectivity index (χ0) is 19.2. The molecule has 3 nitrogen and oxygen atoms in total. The van der Waals surface area contributed by atoms with Crippen molar-refractivity contribution in [1.29, 1.82) is 0 Å². The molecule has 4 rings (SSSR count). The molecule has 1 aliphatic heterocycles. The molecule has 0 radical (unpaired) electrons. The zero-order valence-electron chi connectivity index (χ0n) is 16.3. The second-order valence-corrected chi connectivity index (χ2v) is 8.39. The van der Waals surface area contributed by atoms with Crippen LogP contribution in [0.3, 0.4) is 0 Å². The van der Waals surface area contributed by atoms with Gasteiger partial charge in [0.05, 0.1) is 5.54 Å². The van der Waals surface area contributed by atoms with E-state index in [9.17, 15) is 9.59 Å². The van der Waals surface area contributed by atoms with Crippen molar-refractivity contribution >= 4 is 11.7 Å². The van der Waals surface area contributed by atoms with Gasteiger partial charge in [0, 0.05) is 0 Å². The molecule has 2 aromatic carbocycles. The molecule has 1 amide bonds. The van der Waals surface area contributed by atoms with Crippen LogP contribution in [0.1, 0.15) is 55.2 Å². The van der Waals surface area contributed by atoms with Crippen LogP contribution in [-0.4, -0.2) is 17.2 Å². The molecular weight excluding hydrogens is 334 g/mol.